The number of hydrogen-bond acceptors (Lipinski definition) is 2. The van der Waals surface area contributed by atoms with Gasteiger partial charge in [-0.2, -0.15) is 10.2 Å². The molecule has 100 valence electrons. The van der Waals surface area contributed by atoms with Gasteiger partial charge in [0.2, 0.25) is 0 Å². The minimum atomic E-state index is 0.540. The second kappa shape index (κ2) is 6.31. The van der Waals surface area contributed by atoms with Crippen molar-refractivity contribution >= 4 is 0 Å². The molecule has 0 saturated carbocycles. The summed E-state index contributed by atoms with van der Waals surface area (Å²) in [6.45, 7) is 4.86. The first-order valence-electron chi connectivity index (χ1n) is 7.46. The van der Waals surface area contributed by atoms with Crippen molar-refractivity contribution in [1.29, 1.82) is 0 Å². The van der Waals surface area contributed by atoms with Gasteiger partial charge in [-0.25, -0.2) is 0 Å². The van der Waals surface area contributed by atoms with E-state index in [1.54, 1.807) is 0 Å². The van der Waals surface area contributed by atoms with Crippen molar-refractivity contribution in [2.45, 2.75) is 71.6 Å². The summed E-state index contributed by atoms with van der Waals surface area (Å²) >= 11 is 0. The van der Waals surface area contributed by atoms with Gasteiger partial charge in [-0.05, 0) is 55.1 Å². The molecule has 2 rings (SSSR count). The van der Waals surface area contributed by atoms with Crippen LogP contribution in [-0.2, 0) is 12.8 Å². The Morgan fingerprint density at radius 1 is 0.778 bits per heavy atom. The lowest BCUT2D eigenvalue weighted by atomic mass is 9.81. The molecule has 0 saturated heterocycles. The molecule has 0 atom stereocenters. The third-order valence-electron chi connectivity index (χ3n) is 4.26. The zero-order valence-corrected chi connectivity index (χ0v) is 11.9. The molecule has 2 heteroatoms. The second-order valence-corrected chi connectivity index (χ2v) is 6.47. The largest absolute Gasteiger partial charge is 0.159 e. The van der Waals surface area contributed by atoms with Gasteiger partial charge in [-0.15, -0.1) is 0 Å². The number of fused-ring (bicyclic) bond motifs is 1. The van der Waals surface area contributed by atoms with Gasteiger partial charge >= 0.3 is 0 Å². The Labute approximate surface area is 111 Å². The molecule has 0 bridgehead atoms. The average molecular weight is 246 g/mol. The minimum Gasteiger partial charge on any atom is -0.159 e. The summed E-state index contributed by atoms with van der Waals surface area (Å²) in [5.74, 6) is 0. The van der Waals surface area contributed by atoms with Gasteiger partial charge in [-0.3, -0.25) is 0 Å². The minimum absolute atomic E-state index is 0.540. The molecule has 18 heavy (non-hydrogen) atoms. The highest BCUT2D eigenvalue weighted by Crippen LogP contribution is 2.31. The highest BCUT2D eigenvalue weighted by Gasteiger charge is 2.17. The fraction of sp³-hybridized carbons (Fsp3) is 0.750. The van der Waals surface area contributed by atoms with E-state index in [4.69, 9.17) is 0 Å². The molecule has 0 amide bonds. The van der Waals surface area contributed by atoms with Crippen LogP contribution in [0.2, 0.25) is 0 Å². The van der Waals surface area contributed by atoms with Gasteiger partial charge in [0, 0.05) is 0 Å². The lowest BCUT2D eigenvalue weighted by molar-refractivity contribution is 0.283. The zero-order valence-electron chi connectivity index (χ0n) is 11.9. The van der Waals surface area contributed by atoms with Crippen molar-refractivity contribution in [3.05, 3.63) is 23.5 Å². The van der Waals surface area contributed by atoms with Crippen molar-refractivity contribution in [3.63, 3.8) is 0 Å². The van der Waals surface area contributed by atoms with Crippen LogP contribution < -0.4 is 0 Å². The molecule has 0 radical (unpaired) electrons. The van der Waals surface area contributed by atoms with E-state index >= 15 is 0 Å². The van der Waals surface area contributed by atoms with Gasteiger partial charge in [-0.1, -0.05) is 33.1 Å². The Bertz CT molecular complexity index is 371. The smallest absolute Gasteiger partial charge is 0.0530 e. The fourth-order valence-electron chi connectivity index (χ4n) is 2.96. The van der Waals surface area contributed by atoms with Crippen LogP contribution in [0, 0.1) is 5.41 Å². The maximum atomic E-state index is 4.04. The van der Waals surface area contributed by atoms with Gasteiger partial charge in [0.05, 0.1) is 12.4 Å². The molecular formula is C16H26N2. The van der Waals surface area contributed by atoms with Gasteiger partial charge < -0.3 is 0 Å². The van der Waals surface area contributed by atoms with E-state index in [2.05, 4.69) is 24.0 Å². The zero-order chi connectivity index (χ0) is 12.8. The third-order valence-corrected chi connectivity index (χ3v) is 4.26. The Morgan fingerprint density at radius 3 is 1.89 bits per heavy atom. The predicted molar refractivity (Wildman–Crippen MR) is 75.5 cm³/mol. The molecule has 0 unspecified atom stereocenters. The molecule has 1 aliphatic rings. The van der Waals surface area contributed by atoms with Crippen LogP contribution in [0.4, 0.5) is 0 Å². The van der Waals surface area contributed by atoms with E-state index in [-0.39, 0.29) is 0 Å². The van der Waals surface area contributed by atoms with Crippen molar-refractivity contribution in [1.82, 2.24) is 10.2 Å². The first-order chi connectivity index (χ1) is 8.67. The SMILES string of the molecule is CC1(C)CCCCCc2cnncc2CCCC1. The lowest BCUT2D eigenvalue weighted by Gasteiger charge is -2.25. The Morgan fingerprint density at radius 2 is 1.28 bits per heavy atom. The quantitative estimate of drug-likeness (QED) is 0.681. The standard InChI is InChI=1S/C16H26N2/c1-16(2)10-6-3-4-8-14-12-17-18-13-15(14)9-5-7-11-16/h12-13H,3-11H2,1-2H3. The molecule has 1 aromatic heterocycles. The summed E-state index contributed by atoms with van der Waals surface area (Å²) in [6, 6.07) is 0. The highest BCUT2D eigenvalue weighted by atomic mass is 15.1. The van der Waals surface area contributed by atoms with Crippen LogP contribution in [0.1, 0.15) is 69.9 Å². The van der Waals surface area contributed by atoms with Crippen LogP contribution in [-0.4, -0.2) is 10.2 Å². The number of nitrogens with zero attached hydrogens (tertiary/aromatic N) is 2. The predicted octanol–water partition coefficient (Wildman–Crippen LogP) is 4.33. The van der Waals surface area contributed by atoms with Crippen molar-refractivity contribution in [2.75, 3.05) is 0 Å². The molecule has 0 N–H and O–H groups in total. The first-order valence-corrected chi connectivity index (χ1v) is 7.46. The van der Waals surface area contributed by atoms with E-state index in [0.717, 1.165) is 0 Å². The van der Waals surface area contributed by atoms with Crippen LogP contribution in [0.25, 0.3) is 0 Å². The third kappa shape index (κ3) is 4.08. The summed E-state index contributed by atoms with van der Waals surface area (Å²) < 4.78 is 0. The number of aromatic nitrogens is 2. The van der Waals surface area contributed by atoms with Crippen LogP contribution >= 0.6 is 0 Å². The molecule has 0 aromatic carbocycles. The highest BCUT2D eigenvalue weighted by molar-refractivity contribution is 5.20. The van der Waals surface area contributed by atoms with Crippen LogP contribution in [0.3, 0.4) is 0 Å². The summed E-state index contributed by atoms with van der Waals surface area (Å²) in [5, 5.41) is 8.08. The monoisotopic (exact) mass is 246 g/mol. The summed E-state index contributed by atoms with van der Waals surface area (Å²) in [7, 11) is 0. The molecular weight excluding hydrogens is 220 g/mol. The summed E-state index contributed by atoms with van der Waals surface area (Å²) in [6.07, 6.45) is 15.7. The average Bonchev–Trinajstić information content (AvgIpc) is 2.34. The van der Waals surface area contributed by atoms with Crippen molar-refractivity contribution in [2.24, 2.45) is 5.41 Å². The van der Waals surface area contributed by atoms with Gasteiger partial charge in [0.1, 0.15) is 0 Å². The van der Waals surface area contributed by atoms with E-state index in [1.165, 1.54) is 68.9 Å². The normalized spacial score (nSPS) is 21.4. The Balaban J connectivity index is 2.01. The molecule has 1 aromatic rings. The van der Waals surface area contributed by atoms with Crippen molar-refractivity contribution in [3.8, 4) is 0 Å². The number of hydrogen-bond donors (Lipinski definition) is 0. The fourth-order valence-corrected chi connectivity index (χ4v) is 2.96. The van der Waals surface area contributed by atoms with E-state index in [0.29, 0.717) is 5.41 Å². The van der Waals surface area contributed by atoms with Crippen LogP contribution in [0.5, 0.6) is 0 Å². The van der Waals surface area contributed by atoms with E-state index in [1.807, 2.05) is 12.4 Å². The van der Waals surface area contributed by atoms with E-state index < -0.39 is 0 Å². The number of aryl methyl sites for hydroxylation is 2. The second-order valence-electron chi connectivity index (χ2n) is 6.47. The molecule has 0 fully saturated rings. The Kier molecular flexibility index (Phi) is 4.73. The molecule has 1 heterocycles. The molecule has 1 aliphatic carbocycles. The Hall–Kier alpha value is -0.920. The number of rotatable bonds is 0. The van der Waals surface area contributed by atoms with Crippen molar-refractivity contribution < 1.29 is 0 Å². The molecule has 0 spiro atoms. The van der Waals surface area contributed by atoms with Gasteiger partial charge in [0.25, 0.3) is 0 Å². The van der Waals surface area contributed by atoms with E-state index in [9.17, 15) is 0 Å². The topological polar surface area (TPSA) is 25.8 Å². The first kappa shape index (κ1) is 13.5. The molecule has 2 nitrogen and oxygen atoms in total. The molecule has 0 aliphatic heterocycles. The summed E-state index contributed by atoms with van der Waals surface area (Å²) in [5.41, 5.74) is 3.41. The maximum Gasteiger partial charge on any atom is 0.0530 e. The van der Waals surface area contributed by atoms with Gasteiger partial charge in [0.15, 0.2) is 0 Å². The lowest BCUT2D eigenvalue weighted by Crippen LogP contribution is -2.12. The maximum absolute atomic E-state index is 4.04. The summed E-state index contributed by atoms with van der Waals surface area (Å²) in [4.78, 5) is 0. The van der Waals surface area contributed by atoms with Crippen LogP contribution in [0.15, 0.2) is 12.4 Å².